The maximum Gasteiger partial charge on any atom is 0.00521 e. The van der Waals surface area contributed by atoms with Gasteiger partial charge < -0.3 is 0 Å². The first kappa shape index (κ1) is 11.7. The van der Waals surface area contributed by atoms with Crippen LogP contribution in [0.5, 0.6) is 0 Å². The minimum Gasteiger partial charge on any atom is -0.165 e. The molecule has 2 heteroatoms. The fourth-order valence-corrected chi connectivity index (χ4v) is 2.49. The van der Waals surface area contributed by atoms with Crippen LogP contribution in [0.15, 0.2) is 0 Å². The SMILES string of the molecule is CCCCC(CCSC)SC. The lowest BCUT2D eigenvalue weighted by atomic mass is 10.2. The van der Waals surface area contributed by atoms with Crippen molar-refractivity contribution < 1.29 is 0 Å². The average molecular weight is 192 g/mol. The summed E-state index contributed by atoms with van der Waals surface area (Å²) in [5, 5.41) is 0.919. The molecule has 0 rings (SSSR count). The summed E-state index contributed by atoms with van der Waals surface area (Å²) in [4.78, 5) is 0. The molecular weight excluding hydrogens is 172 g/mol. The van der Waals surface area contributed by atoms with Crippen LogP contribution >= 0.6 is 23.5 Å². The second kappa shape index (κ2) is 8.79. The van der Waals surface area contributed by atoms with E-state index in [0.717, 1.165) is 5.25 Å². The Hall–Kier alpha value is 0.700. The summed E-state index contributed by atoms with van der Waals surface area (Å²) in [5.41, 5.74) is 0. The van der Waals surface area contributed by atoms with Crippen molar-refractivity contribution in [2.75, 3.05) is 18.3 Å². The van der Waals surface area contributed by atoms with Gasteiger partial charge in [0, 0.05) is 5.25 Å². The fourth-order valence-electron chi connectivity index (χ4n) is 1.06. The molecule has 0 nitrogen and oxygen atoms in total. The normalized spacial score (nSPS) is 13.4. The highest BCUT2D eigenvalue weighted by atomic mass is 32.2. The molecule has 0 aliphatic carbocycles. The number of unbranched alkanes of at least 4 members (excludes halogenated alkanes) is 1. The van der Waals surface area contributed by atoms with Gasteiger partial charge in [-0.3, -0.25) is 0 Å². The van der Waals surface area contributed by atoms with Gasteiger partial charge in [0.1, 0.15) is 0 Å². The summed E-state index contributed by atoms with van der Waals surface area (Å²) >= 11 is 4.00. The molecule has 0 aliphatic heterocycles. The lowest BCUT2D eigenvalue weighted by Gasteiger charge is -2.12. The second-order valence-electron chi connectivity index (χ2n) is 2.78. The van der Waals surface area contributed by atoms with Crippen molar-refractivity contribution in [2.24, 2.45) is 0 Å². The van der Waals surface area contributed by atoms with Crippen molar-refractivity contribution in [3.63, 3.8) is 0 Å². The van der Waals surface area contributed by atoms with Crippen LogP contribution < -0.4 is 0 Å². The fraction of sp³-hybridized carbons (Fsp3) is 1.00. The van der Waals surface area contributed by atoms with E-state index in [1.165, 1.54) is 31.4 Å². The van der Waals surface area contributed by atoms with Gasteiger partial charge in [0.25, 0.3) is 0 Å². The van der Waals surface area contributed by atoms with Crippen LogP contribution in [0.3, 0.4) is 0 Å². The van der Waals surface area contributed by atoms with Gasteiger partial charge in [-0.2, -0.15) is 23.5 Å². The molecule has 0 bridgehead atoms. The molecule has 0 amide bonds. The molecule has 0 fully saturated rings. The maximum atomic E-state index is 2.27. The molecule has 0 N–H and O–H groups in total. The van der Waals surface area contributed by atoms with Crippen LogP contribution in [0, 0.1) is 0 Å². The number of thioether (sulfide) groups is 2. The molecule has 1 unspecified atom stereocenters. The summed E-state index contributed by atoms with van der Waals surface area (Å²) in [6.45, 7) is 2.27. The summed E-state index contributed by atoms with van der Waals surface area (Å²) in [6, 6.07) is 0. The first-order valence-electron chi connectivity index (χ1n) is 4.36. The standard InChI is InChI=1S/C9H20S2/c1-4-5-6-9(11-3)7-8-10-2/h9H,4-8H2,1-3H3. The van der Waals surface area contributed by atoms with E-state index >= 15 is 0 Å². The third kappa shape index (κ3) is 7.07. The molecule has 0 radical (unpaired) electrons. The number of hydrogen-bond acceptors (Lipinski definition) is 2. The predicted molar refractivity (Wildman–Crippen MR) is 59.8 cm³/mol. The van der Waals surface area contributed by atoms with Crippen LogP contribution in [0.25, 0.3) is 0 Å². The quantitative estimate of drug-likeness (QED) is 0.604. The predicted octanol–water partition coefficient (Wildman–Crippen LogP) is 3.66. The Labute approximate surface area is 79.9 Å². The Kier molecular flexibility index (Phi) is 9.35. The highest BCUT2D eigenvalue weighted by Gasteiger charge is 2.04. The molecule has 0 saturated heterocycles. The van der Waals surface area contributed by atoms with Gasteiger partial charge in [-0.05, 0) is 31.1 Å². The number of hydrogen-bond donors (Lipinski definition) is 0. The van der Waals surface area contributed by atoms with Crippen molar-refractivity contribution in [1.82, 2.24) is 0 Å². The van der Waals surface area contributed by atoms with Crippen molar-refractivity contribution >= 4 is 23.5 Å². The molecule has 0 aromatic heterocycles. The Balaban J connectivity index is 3.25. The highest BCUT2D eigenvalue weighted by molar-refractivity contribution is 7.99. The summed E-state index contributed by atoms with van der Waals surface area (Å²) in [6.07, 6.45) is 9.98. The zero-order valence-electron chi connectivity index (χ0n) is 7.93. The third-order valence-corrected chi connectivity index (χ3v) is 3.64. The molecule has 1 atom stereocenters. The topological polar surface area (TPSA) is 0 Å². The highest BCUT2D eigenvalue weighted by Crippen LogP contribution is 2.19. The van der Waals surface area contributed by atoms with Crippen LogP contribution in [0.4, 0.5) is 0 Å². The van der Waals surface area contributed by atoms with Crippen molar-refractivity contribution in [3.05, 3.63) is 0 Å². The zero-order valence-corrected chi connectivity index (χ0v) is 9.56. The Morgan fingerprint density at radius 1 is 1.18 bits per heavy atom. The lowest BCUT2D eigenvalue weighted by molar-refractivity contribution is 0.674. The Bertz CT molecular complexity index is 66.0. The molecule has 0 aromatic carbocycles. The average Bonchev–Trinajstić information content (AvgIpc) is 2.05. The minimum atomic E-state index is 0.919. The molecule has 0 aliphatic rings. The first-order chi connectivity index (χ1) is 5.35. The monoisotopic (exact) mass is 192 g/mol. The number of rotatable bonds is 7. The van der Waals surface area contributed by atoms with Crippen LogP contribution in [0.1, 0.15) is 32.6 Å². The van der Waals surface area contributed by atoms with E-state index in [1.54, 1.807) is 0 Å². The van der Waals surface area contributed by atoms with Gasteiger partial charge in [0.05, 0.1) is 0 Å². The summed E-state index contributed by atoms with van der Waals surface area (Å²) < 4.78 is 0. The molecule has 0 saturated carbocycles. The molecular formula is C9H20S2. The largest absolute Gasteiger partial charge is 0.165 e. The van der Waals surface area contributed by atoms with Gasteiger partial charge in [-0.15, -0.1) is 0 Å². The second-order valence-corrected chi connectivity index (χ2v) is 4.91. The Morgan fingerprint density at radius 2 is 1.91 bits per heavy atom. The van der Waals surface area contributed by atoms with Gasteiger partial charge in [0.2, 0.25) is 0 Å². The molecule has 0 heterocycles. The maximum absolute atomic E-state index is 2.27. The van der Waals surface area contributed by atoms with E-state index in [-0.39, 0.29) is 0 Å². The van der Waals surface area contributed by atoms with E-state index < -0.39 is 0 Å². The molecule has 0 aromatic rings. The summed E-state index contributed by atoms with van der Waals surface area (Å²) in [7, 11) is 0. The van der Waals surface area contributed by atoms with E-state index in [9.17, 15) is 0 Å². The smallest absolute Gasteiger partial charge is 0.00521 e. The van der Waals surface area contributed by atoms with E-state index in [0.29, 0.717) is 0 Å². The first-order valence-corrected chi connectivity index (χ1v) is 7.05. The van der Waals surface area contributed by atoms with Crippen LogP contribution in [0.2, 0.25) is 0 Å². The molecule has 68 valence electrons. The van der Waals surface area contributed by atoms with Gasteiger partial charge in [-0.25, -0.2) is 0 Å². The van der Waals surface area contributed by atoms with Gasteiger partial charge >= 0.3 is 0 Å². The van der Waals surface area contributed by atoms with Crippen LogP contribution in [-0.4, -0.2) is 23.5 Å². The Morgan fingerprint density at radius 3 is 2.36 bits per heavy atom. The van der Waals surface area contributed by atoms with E-state index in [2.05, 4.69) is 19.4 Å². The zero-order chi connectivity index (χ0) is 8.53. The van der Waals surface area contributed by atoms with Crippen molar-refractivity contribution in [2.45, 2.75) is 37.9 Å². The van der Waals surface area contributed by atoms with Crippen LogP contribution in [-0.2, 0) is 0 Å². The van der Waals surface area contributed by atoms with Gasteiger partial charge in [-0.1, -0.05) is 19.8 Å². The molecule has 11 heavy (non-hydrogen) atoms. The third-order valence-electron chi connectivity index (χ3n) is 1.86. The van der Waals surface area contributed by atoms with E-state index in [4.69, 9.17) is 0 Å². The molecule has 0 spiro atoms. The minimum absolute atomic E-state index is 0.919. The van der Waals surface area contributed by atoms with Gasteiger partial charge in [0.15, 0.2) is 0 Å². The lowest BCUT2D eigenvalue weighted by Crippen LogP contribution is -2.02. The van der Waals surface area contributed by atoms with E-state index in [1.807, 2.05) is 23.5 Å². The summed E-state index contributed by atoms with van der Waals surface area (Å²) in [5.74, 6) is 1.33. The van der Waals surface area contributed by atoms with Crippen molar-refractivity contribution in [1.29, 1.82) is 0 Å². The van der Waals surface area contributed by atoms with Crippen molar-refractivity contribution in [3.8, 4) is 0 Å².